The van der Waals surface area contributed by atoms with Crippen LogP contribution in [0.5, 0.6) is 0 Å². The molecule has 108 heavy (non-hydrogen) atoms. The van der Waals surface area contributed by atoms with E-state index in [2.05, 4.69) is 16.0 Å². The molecule has 43 heteroatoms. The van der Waals surface area contributed by atoms with Crippen molar-refractivity contribution in [1.29, 1.82) is 0 Å². The molecule has 0 aromatic heterocycles. The predicted molar refractivity (Wildman–Crippen MR) is 387 cm³/mol. The SMILES string of the molecule is NCC1O[C@@H](OC2C(N)C[C@@H](N)[C@H](O)C2O[C@@H]2O[C@H](CSCCNC(=O)NCCCCCCCCCCCCCC(=O)NCCSC[C@H]3O[C@@H](O[C@H]4C(O[C@@H]5OC(CN)C(O)[C@H](O)C5N)C(N)C[C@@H](N)C4O)[C@@H](O)C3O[C@H]3O[C@@H](CN)C(O)C(O)C3N)C(O[C@@H]3O[C@H](CN)C(O)C(O)C3N)C2O)C(N)[C@@H](O)C1O. The molecular weight excluding hydrogens is 1470 g/mol. The Hall–Kier alpha value is -2.00. The second-order valence-electron chi connectivity index (χ2n) is 29.4. The fourth-order valence-corrected chi connectivity index (χ4v) is 16.5. The lowest BCUT2D eigenvalue weighted by Crippen LogP contribution is -2.68. The van der Waals surface area contributed by atoms with Crippen molar-refractivity contribution in [2.24, 2.45) is 68.8 Å². The zero-order valence-corrected chi connectivity index (χ0v) is 62.6. The number of hydrogen-bond donors (Lipinski definition) is 27. The van der Waals surface area contributed by atoms with Gasteiger partial charge in [-0.2, -0.15) is 23.5 Å². The number of nitrogens with one attached hydrogen (secondary N) is 3. The number of carbonyl (C=O) groups excluding carboxylic acids is 2. The Kier molecular flexibility index (Phi) is 37.6. The molecule has 8 rings (SSSR count). The number of thioether (sulfide) groups is 2. The molecule has 0 bridgehead atoms. The van der Waals surface area contributed by atoms with Crippen LogP contribution in [-0.2, 0) is 61.6 Å². The van der Waals surface area contributed by atoms with Crippen molar-refractivity contribution in [2.45, 2.75) is 322 Å². The van der Waals surface area contributed by atoms with Crippen molar-refractivity contribution in [1.82, 2.24) is 16.0 Å². The zero-order chi connectivity index (χ0) is 78.8. The van der Waals surface area contributed by atoms with E-state index >= 15 is 0 Å². The first-order valence-corrected chi connectivity index (χ1v) is 40.2. The number of ether oxygens (including phenoxy) is 12. The number of amides is 3. The number of aliphatic hydroxyl groups excluding tert-OH is 12. The van der Waals surface area contributed by atoms with Crippen LogP contribution in [-0.4, -0.2) is 375 Å². The maximum atomic E-state index is 12.8. The lowest BCUT2D eigenvalue weighted by atomic mass is 9.84. The van der Waals surface area contributed by atoms with E-state index in [0.717, 1.165) is 70.6 Å². The molecule has 0 aromatic carbocycles. The molecule has 0 aromatic rings. The number of urea groups is 1. The van der Waals surface area contributed by atoms with Crippen molar-refractivity contribution in [3.63, 3.8) is 0 Å². The third-order valence-corrected chi connectivity index (χ3v) is 23.5. The van der Waals surface area contributed by atoms with Crippen LogP contribution in [0.1, 0.15) is 89.9 Å². The number of nitrogens with two attached hydrogens (primary N) is 12. The molecule has 6 heterocycles. The van der Waals surface area contributed by atoms with Crippen LogP contribution < -0.4 is 84.8 Å². The van der Waals surface area contributed by atoms with Gasteiger partial charge in [0.2, 0.25) is 5.91 Å². The first-order valence-electron chi connectivity index (χ1n) is 37.9. The summed E-state index contributed by atoms with van der Waals surface area (Å²) in [4.78, 5) is 25.6. The average molecular weight is 1600 g/mol. The maximum absolute atomic E-state index is 12.8. The van der Waals surface area contributed by atoms with E-state index < -0.39 is 233 Å². The molecule has 0 spiro atoms. The number of aliphatic hydroxyl groups is 12. The first-order chi connectivity index (χ1) is 51.5. The summed E-state index contributed by atoms with van der Waals surface area (Å²) in [7, 11) is 0. The summed E-state index contributed by atoms with van der Waals surface area (Å²) < 4.78 is 73.1. The molecule has 0 radical (unpaired) electrons. The second kappa shape index (κ2) is 44.4. The molecule has 8 fully saturated rings. The topological polar surface area (TPSA) is 736 Å². The summed E-state index contributed by atoms with van der Waals surface area (Å²) >= 11 is 2.73. The minimum absolute atomic E-state index is 0.0576. The Morgan fingerprint density at radius 3 is 0.944 bits per heavy atom. The molecule has 8 aliphatic rings. The normalized spacial score (nSPS) is 44.5. The summed E-state index contributed by atoms with van der Waals surface area (Å²) in [6.45, 7) is 0.307. The van der Waals surface area contributed by atoms with Gasteiger partial charge in [0.15, 0.2) is 37.7 Å². The van der Waals surface area contributed by atoms with Crippen LogP contribution in [0, 0.1) is 0 Å². The summed E-state index contributed by atoms with van der Waals surface area (Å²) in [5.74, 6) is 1.07. The lowest BCUT2D eigenvalue weighted by molar-refractivity contribution is -0.306. The highest BCUT2D eigenvalue weighted by Crippen LogP contribution is 2.39. The van der Waals surface area contributed by atoms with E-state index in [1.165, 1.54) is 23.5 Å². The maximum Gasteiger partial charge on any atom is 0.314 e. The molecule has 38 atom stereocenters. The Balaban J connectivity index is 0.682. The number of rotatable bonds is 40. The van der Waals surface area contributed by atoms with Gasteiger partial charge >= 0.3 is 6.03 Å². The van der Waals surface area contributed by atoms with E-state index in [4.69, 9.17) is 126 Å². The summed E-state index contributed by atoms with van der Waals surface area (Å²) in [6, 6.07) is -9.05. The van der Waals surface area contributed by atoms with Gasteiger partial charge in [0.05, 0.1) is 48.6 Å². The van der Waals surface area contributed by atoms with Gasteiger partial charge in [-0.1, -0.05) is 57.8 Å². The molecule has 6 aliphatic heterocycles. The largest absolute Gasteiger partial charge is 0.389 e. The minimum Gasteiger partial charge on any atom is -0.389 e. The molecule has 21 unspecified atom stereocenters. The molecule has 39 N–H and O–H groups in total. The standard InChI is InChI=1S/C65H127N15O26S2/c66-20-30-43(84)47(88)37(74)59(95-30)101-53-28(72)18-26(70)41(82)57(53)105-63-51(92)55(103-61-39(76)49(90)45(86)32(22-68)97-61)34(99-63)24-107-16-14-78-36(81)12-10-8-6-4-2-1-3-5-7-9-11-13-79-65(94)80-15-17-108-25-35-56(104-62-40(77)50(91)46(87)33(23-69)98-62)52(93)64(100-35)106-58-42(83)27(71)19-29(73)54(58)102-60-38(75)48(89)44(85)31(21-67)96-60/h26-35,37-64,82-93H,1-25,66-77H2,(H,78,81)(H2,79,80,94)/t26-,27-,28?,29?,30?,31?,32+,33-,34-,35-,37?,38?,39?,40?,41?,42+,43?,44?,45?,46?,47-,48-,49?,50?,51+,52?,53?,54?,55?,56?,57-,58?,59+,60+,61-,62+,63+,64+/m1/s1. The van der Waals surface area contributed by atoms with Crippen LogP contribution in [0.2, 0.25) is 0 Å². The number of unbranched alkanes of at least 4 members (excludes halogenated alkanes) is 10. The van der Waals surface area contributed by atoms with Crippen molar-refractivity contribution >= 4 is 35.5 Å². The molecule has 2 aliphatic carbocycles. The third-order valence-electron chi connectivity index (χ3n) is 21.4. The van der Waals surface area contributed by atoms with Gasteiger partial charge < -0.3 is 203 Å². The summed E-state index contributed by atoms with van der Waals surface area (Å²) in [6.07, 6.45) is -28.8. The highest BCUT2D eigenvalue weighted by molar-refractivity contribution is 7.99. The van der Waals surface area contributed by atoms with Gasteiger partial charge in [0.1, 0.15) is 122 Å². The number of carbonyl (C=O) groups is 2. The smallest absolute Gasteiger partial charge is 0.314 e. The van der Waals surface area contributed by atoms with Crippen molar-refractivity contribution in [3.8, 4) is 0 Å². The summed E-state index contributed by atoms with van der Waals surface area (Å²) in [5.41, 5.74) is 73.7. The fourth-order valence-electron chi connectivity index (χ4n) is 14.7. The van der Waals surface area contributed by atoms with Crippen molar-refractivity contribution < 1.29 is 128 Å². The second-order valence-corrected chi connectivity index (χ2v) is 31.7. The minimum atomic E-state index is -1.60. The van der Waals surface area contributed by atoms with Gasteiger partial charge in [0, 0.05) is 99.4 Å². The van der Waals surface area contributed by atoms with Crippen molar-refractivity contribution in [2.75, 3.05) is 68.8 Å². The predicted octanol–water partition coefficient (Wildman–Crippen LogP) is -12.2. The van der Waals surface area contributed by atoms with Crippen molar-refractivity contribution in [3.05, 3.63) is 0 Å². The van der Waals surface area contributed by atoms with Crippen LogP contribution in [0.4, 0.5) is 4.79 Å². The Bertz CT molecular complexity index is 2460. The number of hydrogen-bond acceptors (Lipinski definition) is 40. The van der Waals surface area contributed by atoms with Gasteiger partial charge in [-0.15, -0.1) is 0 Å². The Labute approximate surface area is 636 Å². The zero-order valence-electron chi connectivity index (χ0n) is 60.9. The quantitative estimate of drug-likeness (QED) is 0.0253. The van der Waals surface area contributed by atoms with Crippen LogP contribution in [0.25, 0.3) is 0 Å². The highest BCUT2D eigenvalue weighted by atomic mass is 32.2. The Morgan fingerprint density at radius 2 is 0.602 bits per heavy atom. The molecule has 2 saturated carbocycles. The third kappa shape index (κ3) is 23.9. The van der Waals surface area contributed by atoms with E-state index in [1.54, 1.807) is 0 Å². The Morgan fingerprint density at radius 1 is 0.315 bits per heavy atom. The van der Waals surface area contributed by atoms with E-state index in [-0.39, 0.29) is 69.0 Å². The summed E-state index contributed by atoms with van der Waals surface area (Å²) in [5, 5.41) is 140. The lowest BCUT2D eigenvalue weighted by Gasteiger charge is -2.47. The van der Waals surface area contributed by atoms with Gasteiger partial charge in [-0.3, -0.25) is 4.79 Å². The molecule has 630 valence electrons. The highest BCUT2D eigenvalue weighted by Gasteiger charge is 2.58. The van der Waals surface area contributed by atoms with Crippen LogP contribution >= 0.6 is 23.5 Å². The van der Waals surface area contributed by atoms with Crippen LogP contribution in [0.3, 0.4) is 0 Å². The molecular formula is C65H127N15O26S2. The molecule has 3 amide bonds. The average Bonchev–Trinajstić information content (AvgIpc) is 1.46. The first kappa shape index (κ1) is 91.5. The molecule has 6 saturated heterocycles. The van der Waals surface area contributed by atoms with Crippen LogP contribution in [0.15, 0.2) is 0 Å². The fraction of sp³-hybridized carbons (Fsp3) is 0.969. The monoisotopic (exact) mass is 1600 g/mol. The van der Waals surface area contributed by atoms with Gasteiger partial charge in [0.25, 0.3) is 0 Å². The van der Waals surface area contributed by atoms with E-state index in [1.807, 2.05) is 0 Å². The van der Waals surface area contributed by atoms with E-state index in [9.17, 15) is 70.9 Å². The van der Waals surface area contributed by atoms with E-state index in [0.29, 0.717) is 31.0 Å². The molecule has 41 nitrogen and oxygen atoms in total. The van der Waals surface area contributed by atoms with Gasteiger partial charge in [-0.05, 0) is 25.7 Å². The van der Waals surface area contributed by atoms with Gasteiger partial charge in [-0.25, -0.2) is 4.79 Å².